The molecule has 0 saturated heterocycles. The van der Waals surface area contributed by atoms with Gasteiger partial charge in [0.25, 0.3) is 0 Å². The van der Waals surface area contributed by atoms with Gasteiger partial charge in [0, 0.05) is 169 Å². The maximum atomic E-state index is 10.5. The number of benzene rings is 4. The molecule has 0 atom stereocenters. The van der Waals surface area contributed by atoms with Gasteiger partial charge in [-0.1, -0.05) is 0 Å². The number of fused-ring (bicyclic) bond motifs is 8. The van der Waals surface area contributed by atoms with Crippen molar-refractivity contribution in [3.05, 3.63) is 242 Å². The van der Waals surface area contributed by atoms with Gasteiger partial charge in [0.05, 0.1) is 50.7 Å². The van der Waals surface area contributed by atoms with Gasteiger partial charge in [0.2, 0.25) is 0 Å². The van der Waals surface area contributed by atoms with E-state index in [0.29, 0.717) is 0 Å². The maximum absolute atomic E-state index is 10.5. The van der Waals surface area contributed by atoms with Gasteiger partial charge in [-0.3, -0.25) is 0 Å². The van der Waals surface area contributed by atoms with Crippen molar-refractivity contribution in [2.45, 2.75) is 6.18 Å². The first kappa shape index (κ1) is 47.6. The number of halogens is 3. The number of carbonyl (C=O) groups is 1. The number of alkyl halides is 3. The van der Waals surface area contributed by atoms with Crippen molar-refractivity contribution in [2.75, 3.05) is 28.4 Å². The number of nitrogens with zero attached hydrogens (tertiary/aromatic N) is 5. The molecule has 66 heavy (non-hydrogen) atoms. The Morgan fingerprint density at radius 2 is 0.561 bits per heavy atom. The predicted molar refractivity (Wildman–Crippen MR) is 230 cm³/mol. The Labute approximate surface area is 391 Å². The Balaban J connectivity index is 0.000000661. The molecule has 0 amide bonds. The molecule has 4 aromatic carbocycles. The van der Waals surface area contributed by atoms with Crippen LogP contribution in [0.15, 0.2) is 146 Å². The first-order chi connectivity index (χ1) is 31.5. The Bertz CT molecular complexity index is 2370. The second-order valence-corrected chi connectivity index (χ2v) is 14.1. The topological polar surface area (TPSA) is 173 Å². The monoisotopic (exact) mass is 977 g/mol. The summed E-state index contributed by atoms with van der Waals surface area (Å²) < 4.78 is 53.6. The van der Waals surface area contributed by atoms with Crippen molar-refractivity contribution < 1.29 is 61.5 Å². The van der Waals surface area contributed by atoms with E-state index in [2.05, 4.69) is 48.5 Å². The number of rotatable bonds is 8. The summed E-state index contributed by atoms with van der Waals surface area (Å²) in [4.78, 5) is 37.4. The zero-order valence-electron chi connectivity index (χ0n) is 35.4. The Kier molecular flexibility index (Phi) is 15.0. The van der Waals surface area contributed by atoms with Gasteiger partial charge in [0.15, 0.2) is 0 Å². The minimum Gasteiger partial charge on any atom is -0.628 e. The van der Waals surface area contributed by atoms with E-state index >= 15 is 0 Å². The molecule has 2 radical (unpaired) electrons. The molecule has 8 bridgehead atoms. The average Bonchev–Trinajstić information content (AvgIpc) is 4.19. The van der Waals surface area contributed by atoms with Crippen molar-refractivity contribution in [1.82, 2.24) is 25.5 Å². The SMILES string of the molecule is COc1ccc([C+]2c3ccc([n-]3)[C+](c3ccc(OC)cc3)c3ccc([n-]3)[C+](c3ccc(OC)cc3)c3ccc([n-]3)[C+](c3ccc(OC)cc3)c3ccc2[n-]3)cc1.O=C([O-])C(F)(F)F.[N]=O.[Ru+]. The number of carboxylic acid groups (broad SMARTS) is 1. The first-order valence-electron chi connectivity index (χ1n) is 19.6. The largest absolute Gasteiger partial charge is 1.00 e. The molecule has 0 fully saturated rings. The van der Waals surface area contributed by atoms with E-state index in [1.807, 2.05) is 97.1 Å². The van der Waals surface area contributed by atoms with Crippen molar-refractivity contribution in [1.29, 1.82) is 0 Å². The van der Waals surface area contributed by atoms with Crippen molar-refractivity contribution in [2.24, 2.45) is 0 Å². The summed E-state index contributed by atoms with van der Waals surface area (Å²) in [7, 11) is 6.67. The average molecular weight is 977 g/mol. The van der Waals surface area contributed by atoms with Crippen LogP contribution in [0.2, 0.25) is 0 Å². The maximum Gasteiger partial charge on any atom is 1.00 e. The summed E-state index contributed by atoms with van der Waals surface area (Å²) in [6.07, 6.45) is -5.19. The van der Waals surface area contributed by atoms with E-state index in [1.165, 1.54) is 0 Å². The molecule has 1 aliphatic heterocycles. The van der Waals surface area contributed by atoms with Crippen molar-refractivity contribution in [3.63, 3.8) is 0 Å². The molecular formula is C50H36F3N5O7Ru. The molecule has 12 nitrogen and oxygen atoms in total. The number of hydrogen-bond donors (Lipinski definition) is 0. The zero-order chi connectivity index (χ0) is 46.3. The molecule has 5 heterocycles. The van der Waals surface area contributed by atoms with Crippen molar-refractivity contribution >= 4 is 5.97 Å². The fourth-order valence-corrected chi connectivity index (χ4v) is 7.30. The number of ether oxygens (including phenoxy) is 4. The third-order valence-corrected chi connectivity index (χ3v) is 10.4. The van der Waals surface area contributed by atoms with Crippen LogP contribution in [-0.2, 0) is 24.3 Å². The van der Waals surface area contributed by atoms with Crippen LogP contribution >= 0.6 is 0 Å². The molecule has 332 valence electrons. The Morgan fingerprint density at radius 1 is 0.409 bits per heavy atom. The third kappa shape index (κ3) is 10.1. The summed E-state index contributed by atoms with van der Waals surface area (Å²) in [5.74, 6) is 3.62. The van der Waals surface area contributed by atoms with Gasteiger partial charge in [-0.2, -0.15) is 13.2 Å². The number of aromatic nitrogens is 4. The predicted octanol–water partition coefficient (Wildman–Crippen LogP) is 6.79. The fourth-order valence-electron chi connectivity index (χ4n) is 7.30. The number of methoxy groups -OCH3 is 4. The van der Waals surface area contributed by atoms with Crippen LogP contribution in [0.3, 0.4) is 0 Å². The Morgan fingerprint density at radius 3 is 0.682 bits per heavy atom. The third-order valence-electron chi connectivity index (χ3n) is 10.4. The van der Waals surface area contributed by atoms with Gasteiger partial charge < -0.3 is 48.8 Å². The standard InChI is InChI=1S/C48H36N4O4.C2HF3O2.NO.Ru/c1-53-33-13-5-29(6-14-33)45-37-21-23-39(49-37)46(30-7-15-34(54-2)16-8-30)41-25-27-43(51-41)48(32-11-19-36(56-4)20-12-32)44-28-26-42(52-44)47(40-24-22-38(45)50-40)31-9-17-35(55-3)18-10-31;3-2(4,5)1(6)7;1-2;/h5-28H,1-4H3;(H,6,7);;/q;;;+1/p-1. The molecule has 0 unspecified atom stereocenters. The van der Waals surface area contributed by atoms with E-state index in [4.69, 9.17) is 59.3 Å². The summed E-state index contributed by atoms with van der Waals surface area (Å²) in [6, 6.07) is 48.5. The molecule has 0 N–H and O–H groups in total. The number of hydrogen-bond acceptors (Lipinski definition) is 7. The van der Waals surface area contributed by atoms with E-state index in [1.54, 1.807) is 28.4 Å². The van der Waals surface area contributed by atoms with Crippen molar-refractivity contribution in [3.8, 4) is 23.0 Å². The van der Waals surface area contributed by atoms with Crippen LogP contribution in [0.5, 0.6) is 23.0 Å². The van der Waals surface area contributed by atoms with E-state index in [9.17, 15) is 13.2 Å². The molecule has 16 heteroatoms. The summed E-state index contributed by atoms with van der Waals surface area (Å²) in [5, 5.41) is 8.78. The van der Waals surface area contributed by atoms with E-state index in [-0.39, 0.29) is 19.5 Å². The molecular weight excluding hydrogens is 941 g/mol. The summed E-state index contributed by atoms with van der Waals surface area (Å²) in [5.41, 5.74) is 15.8. The molecule has 9 rings (SSSR count). The first-order valence-corrected chi connectivity index (χ1v) is 19.6. The number of nitroso groups, excluding NO2 is 1. The summed E-state index contributed by atoms with van der Waals surface area (Å²) in [6.45, 7) is 0. The molecule has 8 aromatic rings. The van der Waals surface area contributed by atoms with Gasteiger partial charge in [-0.25, -0.2) is 0 Å². The minimum atomic E-state index is -5.19. The van der Waals surface area contributed by atoms with E-state index < -0.39 is 12.1 Å². The van der Waals surface area contributed by atoms with Crippen LogP contribution in [0, 0.1) is 28.6 Å². The number of carbonyl (C=O) groups excluding carboxylic acids is 1. The molecule has 0 spiro atoms. The minimum absolute atomic E-state index is 0. The molecule has 4 aromatic heterocycles. The molecule has 1 aliphatic rings. The number of aliphatic carboxylic acids is 1. The van der Waals surface area contributed by atoms with Gasteiger partial charge in [0.1, 0.15) is 34.6 Å². The fraction of sp³-hybridized carbons (Fsp3) is 0.100. The second kappa shape index (κ2) is 20.8. The Hall–Kier alpha value is -7.84. The second-order valence-electron chi connectivity index (χ2n) is 14.1. The van der Waals surface area contributed by atoms with Crippen LogP contribution in [0.25, 0.3) is 0 Å². The van der Waals surface area contributed by atoms with Gasteiger partial charge in [-0.05, 0) is 45.6 Å². The smallest absolute Gasteiger partial charge is 0.628 e. The molecule has 0 aliphatic carbocycles. The van der Waals surface area contributed by atoms with Crippen LogP contribution < -0.4 is 49.6 Å². The van der Waals surface area contributed by atoms with Gasteiger partial charge >= 0.3 is 25.7 Å². The normalized spacial score (nSPS) is 11.9. The van der Waals surface area contributed by atoms with Crippen LogP contribution in [-0.4, -0.2) is 40.6 Å². The quantitative estimate of drug-likeness (QED) is 0.116. The molecule has 0 saturated carbocycles. The number of carboxylic acids is 1. The summed E-state index contributed by atoms with van der Waals surface area (Å²) >= 11 is 0. The zero-order valence-corrected chi connectivity index (χ0v) is 37.2. The van der Waals surface area contributed by atoms with Crippen LogP contribution in [0.1, 0.15) is 67.8 Å². The van der Waals surface area contributed by atoms with E-state index in [0.717, 1.165) is 114 Å². The van der Waals surface area contributed by atoms with Crippen LogP contribution in [0.4, 0.5) is 13.2 Å². The van der Waals surface area contributed by atoms with Gasteiger partial charge in [-0.15, -0.1) is 4.91 Å².